The van der Waals surface area contributed by atoms with Crippen LogP contribution in [0.1, 0.15) is 5.69 Å². The molecule has 0 radical (unpaired) electrons. The molecule has 8 heteroatoms. The lowest BCUT2D eigenvalue weighted by molar-refractivity contribution is -0.141. The highest BCUT2D eigenvalue weighted by Crippen LogP contribution is 2.30. The van der Waals surface area contributed by atoms with Crippen LogP contribution in [0.5, 0.6) is 5.75 Å². The maximum absolute atomic E-state index is 12.5. The lowest BCUT2D eigenvalue weighted by Crippen LogP contribution is -2.54. The number of ether oxygens (including phenoxy) is 1. The van der Waals surface area contributed by atoms with Crippen LogP contribution < -0.4 is 9.64 Å². The normalized spacial score (nSPS) is 15.7. The van der Waals surface area contributed by atoms with Crippen molar-refractivity contribution in [2.75, 3.05) is 18.0 Å². The number of halogens is 3. The van der Waals surface area contributed by atoms with Crippen molar-refractivity contribution >= 4 is 5.82 Å². The zero-order valence-corrected chi connectivity index (χ0v) is 10.8. The molecule has 1 aliphatic heterocycles. The Morgan fingerprint density at radius 2 is 1.95 bits per heavy atom. The quantitative estimate of drug-likeness (QED) is 0.868. The smallest absolute Gasteiger partial charge is 0.433 e. The van der Waals surface area contributed by atoms with E-state index < -0.39 is 11.9 Å². The first-order valence-corrected chi connectivity index (χ1v) is 6.23. The van der Waals surface area contributed by atoms with Gasteiger partial charge in [-0.3, -0.25) is 9.97 Å². The summed E-state index contributed by atoms with van der Waals surface area (Å²) >= 11 is 0. The molecule has 5 nitrogen and oxygen atoms in total. The van der Waals surface area contributed by atoms with Gasteiger partial charge in [-0.25, -0.2) is 4.98 Å². The number of rotatable bonds is 3. The number of hydrogen-bond acceptors (Lipinski definition) is 5. The predicted octanol–water partition coefficient (Wildman–Crippen LogP) is 2.16. The molecule has 1 saturated heterocycles. The Balaban J connectivity index is 1.60. The zero-order chi connectivity index (χ0) is 14.9. The number of nitrogens with zero attached hydrogens (tertiary/aromatic N) is 4. The third-order valence-corrected chi connectivity index (χ3v) is 3.05. The van der Waals surface area contributed by atoms with Crippen LogP contribution in [0.3, 0.4) is 0 Å². The summed E-state index contributed by atoms with van der Waals surface area (Å²) < 4.78 is 43.1. The summed E-state index contributed by atoms with van der Waals surface area (Å²) in [5.41, 5.74) is -0.954. The van der Waals surface area contributed by atoms with E-state index in [1.807, 2.05) is 4.90 Å². The Kier molecular flexibility index (Phi) is 3.36. The second kappa shape index (κ2) is 5.19. The van der Waals surface area contributed by atoms with Crippen molar-refractivity contribution in [1.29, 1.82) is 0 Å². The van der Waals surface area contributed by atoms with Gasteiger partial charge >= 0.3 is 6.18 Å². The molecule has 2 aromatic rings. The van der Waals surface area contributed by atoms with Gasteiger partial charge in [0, 0.05) is 24.7 Å². The highest BCUT2D eigenvalue weighted by molar-refractivity contribution is 5.39. The molecule has 2 aromatic heterocycles. The van der Waals surface area contributed by atoms with E-state index in [4.69, 9.17) is 4.74 Å². The maximum Gasteiger partial charge on any atom is 0.433 e. The molecule has 1 aliphatic rings. The predicted molar refractivity (Wildman–Crippen MR) is 67.9 cm³/mol. The van der Waals surface area contributed by atoms with Gasteiger partial charge in [0.2, 0.25) is 0 Å². The van der Waals surface area contributed by atoms with Gasteiger partial charge in [0.1, 0.15) is 23.4 Å². The van der Waals surface area contributed by atoms with Crippen molar-refractivity contribution in [3.63, 3.8) is 0 Å². The third kappa shape index (κ3) is 3.04. The van der Waals surface area contributed by atoms with Crippen LogP contribution in [0.25, 0.3) is 0 Å². The molecular formula is C13H11F3N4O. The van der Waals surface area contributed by atoms with Crippen LogP contribution in [-0.4, -0.2) is 34.1 Å². The Hall–Kier alpha value is -2.38. The average Bonchev–Trinajstić information content (AvgIpc) is 2.43. The molecule has 0 bridgehead atoms. The molecule has 0 saturated carbocycles. The summed E-state index contributed by atoms with van der Waals surface area (Å²) in [5.74, 6) is 0.893. The molecule has 0 aliphatic carbocycles. The second-order valence-corrected chi connectivity index (χ2v) is 4.58. The highest BCUT2D eigenvalue weighted by atomic mass is 19.4. The third-order valence-electron chi connectivity index (χ3n) is 3.05. The summed E-state index contributed by atoms with van der Waals surface area (Å²) in [6.07, 6.45) is 1.25. The van der Waals surface area contributed by atoms with E-state index in [9.17, 15) is 13.2 Å². The molecule has 21 heavy (non-hydrogen) atoms. The standard InChI is InChI=1S/C13H11F3N4O/c14-13(15,16)11-5-9(1-2-18-11)21-10-7-20(8-10)12-6-17-3-4-19-12/h1-6,10H,7-8H2. The van der Waals surface area contributed by atoms with Crippen molar-refractivity contribution in [3.05, 3.63) is 42.6 Å². The lowest BCUT2D eigenvalue weighted by atomic mass is 10.1. The minimum atomic E-state index is -4.47. The Labute approximate surface area is 118 Å². The SMILES string of the molecule is FC(F)(F)c1cc(OC2CN(c3cnccn3)C2)ccn1. The monoisotopic (exact) mass is 296 g/mol. The number of aromatic nitrogens is 3. The van der Waals surface area contributed by atoms with Crippen LogP contribution in [-0.2, 0) is 6.18 Å². The molecule has 0 spiro atoms. The van der Waals surface area contributed by atoms with Crippen LogP contribution >= 0.6 is 0 Å². The van der Waals surface area contributed by atoms with Crippen molar-refractivity contribution in [2.24, 2.45) is 0 Å². The van der Waals surface area contributed by atoms with Gasteiger partial charge in [-0.1, -0.05) is 0 Å². The first-order valence-electron chi connectivity index (χ1n) is 6.23. The fourth-order valence-corrected chi connectivity index (χ4v) is 1.99. The topological polar surface area (TPSA) is 51.1 Å². The summed E-state index contributed by atoms with van der Waals surface area (Å²) in [7, 11) is 0. The fourth-order valence-electron chi connectivity index (χ4n) is 1.99. The van der Waals surface area contributed by atoms with Crippen molar-refractivity contribution in [1.82, 2.24) is 15.0 Å². The average molecular weight is 296 g/mol. The van der Waals surface area contributed by atoms with E-state index in [1.54, 1.807) is 18.6 Å². The molecule has 0 unspecified atom stereocenters. The van der Waals surface area contributed by atoms with E-state index in [1.165, 1.54) is 6.07 Å². The molecule has 110 valence electrons. The summed E-state index contributed by atoms with van der Waals surface area (Å²) in [6.45, 7) is 1.12. The second-order valence-electron chi connectivity index (χ2n) is 4.58. The molecule has 1 fully saturated rings. The van der Waals surface area contributed by atoms with Crippen LogP contribution in [0.2, 0.25) is 0 Å². The van der Waals surface area contributed by atoms with Gasteiger partial charge in [-0.15, -0.1) is 0 Å². The molecule has 3 heterocycles. The number of anilines is 1. The van der Waals surface area contributed by atoms with Gasteiger partial charge in [0.05, 0.1) is 19.3 Å². The van der Waals surface area contributed by atoms with E-state index in [-0.39, 0.29) is 11.9 Å². The largest absolute Gasteiger partial charge is 0.487 e. The number of alkyl halides is 3. The number of pyridine rings is 1. The molecule has 0 atom stereocenters. The fraction of sp³-hybridized carbons (Fsp3) is 0.308. The van der Waals surface area contributed by atoms with E-state index in [0.29, 0.717) is 13.1 Å². The summed E-state index contributed by atoms with van der Waals surface area (Å²) in [6, 6.07) is 2.32. The minimum absolute atomic E-state index is 0.168. The number of hydrogen-bond donors (Lipinski definition) is 0. The van der Waals surface area contributed by atoms with Crippen molar-refractivity contribution in [2.45, 2.75) is 12.3 Å². The summed E-state index contributed by atoms with van der Waals surface area (Å²) in [5, 5.41) is 0. The van der Waals surface area contributed by atoms with E-state index in [2.05, 4.69) is 15.0 Å². The maximum atomic E-state index is 12.5. The molecule has 0 aromatic carbocycles. The zero-order valence-electron chi connectivity index (χ0n) is 10.8. The lowest BCUT2D eigenvalue weighted by Gasteiger charge is -2.39. The van der Waals surface area contributed by atoms with E-state index >= 15 is 0 Å². The Morgan fingerprint density at radius 3 is 2.62 bits per heavy atom. The van der Waals surface area contributed by atoms with Crippen molar-refractivity contribution < 1.29 is 17.9 Å². The van der Waals surface area contributed by atoms with Gasteiger partial charge in [0.15, 0.2) is 0 Å². The van der Waals surface area contributed by atoms with E-state index in [0.717, 1.165) is 18.1 Å². The van der Waals surface area contributed by atoms with Gasteiger partial charge < -0.3 is 9.64 Å². The molecule has 3 rings (SSSR count). The molecule has 0 N–H and O–H groups in total. The first-order chi connectivity index (χ1) is 10.0. The first kappa shape index (κ1) is 13.6. The van der Waals surface area contributed by atoms with Gasteiger partial charge in [0.25, 0.3) is 0 Å². The Bertz CT molecular complexity index is 614. The van der Waals surface area contributed by atoms with Crippen LogP contribution in [0, 0.1) is 0 Å². The highest BCUT2D eigenvalue weighted by Gasteiger charge is 2.34. The molecule has 0 amide bonds. The van der Waals surface area contributed by atoms with Crippen LogP contribution in [0.15, 0.2) is 36.9 Å². The van der Waals surface area contributed by atoms with Gasteiger partial charge in [-0.2, -0.15) is 13.2 Å². The minimum Gasteiger partial charge on any atom is -0.487 e. The van der Waals surface area contributed by atoms with Crippen molar-refractivity contribution in [3.8, 4) is 5.75 Å². The Morgan fingerprint density at radius 1 is 1.14 bits per heavy atom. The molecular weight excluding hydrogens is 285 g/mol. The summed E-state index contributed by atoms with van der Waals surface area (Å²) in [4.78, 5) is 13.3. The van der Waals surface area contributed by atoms with Gasteiger partial charge in [-0.05, 0) is 6.07 Å². The van der Waals surface area contributed by atoms with Crippen LogP contribution in [0.4, 0.5) is 19.0 Å².